The van der Waals surface area contributed by atoms with Gasteiger partial charge in [0.2, 0.25) is 0 Å². The lowest BCUT2D eigenvalue weighted by molar-refractivity contribution is -0.384. The Morgan fingerprint density at radius 1 is 1.48 bits per heavy atom. The first-order chi connectivity index (χ1) is 9.93. The van der Waals surface area contributed by atoms with Gasteiger partial charge in [-0.25, -0.2) is 0 Å². The minimum Gasteiger partial charge on any atom is -0.327 e. The summed E-state index contributed by atoms with van der Waals surface area (Å²) in [4.78, 5) is 24.2. The Hall–Kier alpha value is -1.77. The average molecular weight is 327 g/mol. The molecule has 5 nitrogen and oxygen atoms in total. The molecule has 1 aliphatic rings. The molecule has 0 aliphatic heterocycles. The van der Waals surface area contributed by atoms with Gasteiger partial charge in [0.05, 0.1) is 16.5 Å². The van der Waals surface area contributed by atoms with Gasteiger partial charge in [-0.2, -0.15) is 0 Å². The van der Waals surface area contributed by atoms with E-state index in [2.05, 4.69) is 5.92 Å². The number of nitrogens with zero attached hydrogens (tertiary/aromatic N) is 2. The fourth-order valence-electron chi connectivity index (χ4n) is 1.96. The molecule has 0 saturated heterocycles. The maximum Gasteiger partial charge on any atom is 0.290 e. The Kier molecular flexibility index (Phi) is 4.71. The standard InChI is InChI=1S/C14H12Cl2N2O3/c1-2-5-17(8-9-3-4-9)14(19)10-6-11(15)13(16)12(7-10)18(20)21/h1,6-7,9H,3-5,8H2. The first kappa shape index (κ1) is 15.6. The number of hydrogen-bond acceptors (Lipinski definition) is 3. The van der Waals surface area contributed by atoms with Crippen LogP contribution < -0.4 is 0 Å². The first-order valence-electron chi connectivity index (χ1n) is 6.30. The van der Waals surface area contributed by atoms with Crippen LogP contribution in [0.2, 0.25) is 10.0 Å². The second kappa shape index (κ2) is 6.33. The number of benzene rings is 1. The molecule has 1 saturated carbocycles. The Morgan fingerprint density at radius 3 is 2.67 bits per heavy atom. The van der Waals surface area contributed by atoms with Gasteiger partial charge >= 0.3 is 0 Å². The van der Waals surface area contributed by atoms with Crippen LogP contribution in [0.25, 0.3) is 0 Å². The summed E-state index contributed by atoms with van der Waals surface area (Å²) in [6, 6.07) is 2.46. The maximum absolute atomic E-state index is 12.4. The zero-order chi connectivity index (χ0) is 15.6. The zero-order valence-corrected chi connectivity index (χ0v) is 12.5. The average Bonchev–Trinajstić information content (AvgIpc) is 3.24. The molecule has 21 heavy (non-hydrogen) atoms. The molecule has 1 fully saturated rings. The SMILES string of the molecule is C#CCN(CC1CC1)C(=O)c1cc(Cl)c(Cl)c([N+](=O)[O-])c1. The summed E-state index contributed by atoms with van der Waals surface area (Å²) in [6.07, 6.45) is 7.40. The molecule has 0 heterocycles. The van der Waals surface area contributed by atoms with Crippen molar-refractivity contribution in [2.24, 2.45) is 5.92 Å². The summed E-state index contributed by atoms with van der Waals surface area (Å²) < 4.78 is 0. The second-order valence-corrected chi connectivity index (χ2v) is 5.67. The Bertz CT molecular complexity index is 636. The predicted octanol–water partition coefficient (Wildman–Crippen LogP) is 3.39. The van der Waals surface area contributed by atoms with E-state index in [1.54, 1.807) is 0 Å². The summed E-state index contributed by atoms with van der Waals surface area (Å²) in [5, 5.41) is 10.7. The van der Waals surface area contributed by atoms with Crippen molar-refractivity contribution in [3.63, 3.8) is 0 Å². The molecule has 0 atom stereocenters. The van der Waals surface area contributed by atoms with Crippen LogP contribution in [0.15, 0.2) is 12.1 Å². The van der Waals surface area contributed by atoms with E-state index in [-0.39, 0.29) is 33.7 Å². The van der Waals surface area contributed by atoms with Crippen molar-refractivity contribution in [1.29, 1.82) is 0 Å². The van der Waals surface area contributed by atoms with Gasteiger partial charge in [0.1, 0.15) is 5.02 Å². The third kappa shape index (κ3) is 3.66. The van der Waals surface area contributed by atoms with Crippen LogP contribution in [0, 0.1) is 28.4 Å². The second-order valence-electron chi connectivity index (χ2n) is 4.88. The number of halogens is 2. The van der Waals surface area contributed by atoms with Crippen molar-refractivity contribution < 1.29 is 9.72 Å². The van der Waals surface area contributed by atoms with Crippen LogP contribution in [0.5, 0.6) is 0 Å². The van der Waals surface area contributed by atoms with Crippen molar-refractivity contribution in [3.8, 4) is 12.3 Å². The molecule has 110 valence electrons. The Morgan fingerprint density at radius 2 is 2.14 bits per heavy atom. The largest absolute Gasteiger partial charge is 0.327 e. The highest BCUT2D eigenvalue weighted by atomic mass is 35.5. The molecule has 0 N–H and O–H groups in total. The molecule has 0 aromatic heterocycles. The van der Waals surface area contributed by atoms with Gasteiger partial charge in [-0.05, 0) is 24.8 Å². The summed E-state index contributed by atoms with van der Waals surface area (Å²) in [5.74, 6) is 2.51. The molecule has 2 rings (SSSR count). The summed E-state index contributed by atoms with van der Waals surface area (Å²) in [5.41, 5.74) is -0.272. The fourth-order valence-corrected chi connectivity index (χ4v) is 2.35. The van der Waals surface area contributed by atoms with Crippen molar-refractivity contribution in [2.75, 3.05) is 13.1 Å². The highest BCUT2D eigenvalue weighted by Gasteiger charge is 2.28. The lowest BCUT2D eigenvalue weighted by Gasteiger charge is -2.20. The Balaban J connectivity index is 2.32. The number of hydrogen-bond donors (Lipinski definition) is 0. The van der Waals surface area contributed by atoms with E-state index in [1.165, 1.54) is 11.0 Å². The van der Waals surface area contributed by atoms with E-state index in [9.17, 15) is 14.9 Å². The minimum absolute atomic E-state index is 0.0266. The van der Waals surface area contributed by atoms with Crippen molar-refractivity contribution in [2.45, 2.75) is 12.8 Å². The number of carbonyl (C=O) groups excluding carboxylic acids is 1. The van der Waals surface area contributed by atoms with Gasteiger partial charge < -0.3 is 4.90 Å². The fraction of sp³-hybridized carbons (Fsp3) is 0.357. The Labute approximate surface area is 132 Å². The number of rotatable bonds is 5. The van der Waals surface area contributed by atoms with Gasteiger partial charge in [0.25, 0.3) is 11.6 Å². The highest BCUT2D eigenvalue weighted by molar-refractivity contribution is 6.43. The van der Waals surface area contributed by atoms with Gasteiger partial charge in [-0.15, -0.1) is 6.42 Å². The third-order valence-corrected chi connectivity index (χ3v) is 3.99. The van der Waals surface area contributed by atoms with Gasteiger partial charge in [0, 0.05) is 18.2 Å². The predicted molar refractivity (Wildman–Crippen MR) is 80.6 cm³/mol. The van der Waals surface area contributed by atoms with Crippen LogP contribution in [-0.2, 0) is 0 Å². The normalized spacial score (nSPS) is 13.6. The van der Waals surface area contributed by atoms with Crippen LogP contribution in [0.3, 0.4) is 0 Å². The van der Waals surface area contributed by atoms with Crippen LogP contribution in [0.1, 0.15) is 23.2 Å². The minimum atomic E-state index is -0.669. The number of amides is 1. The smallest absolute Gasteiger partial charge is 0.290 e. The summed E-state index contributed by atoms with van der Waals surface area (Å²) >= 11 is 11.6. The van der Waals surface area contributed by atoms with Crippen molar-refractivity contribution >= 4 is 34.8 Å². The summed E-state index contributed by atoms with van der Waals surface area (Å²) in [6.45, 7) is 0.709. The van der Waals surface area contributed by atoms with E-state index in [1.807, 2.05) is 0 Å². The maximum atomic E-state index is 12.4. The molecule has 0 unspecified atom stereocenters. The van der Waals surface area contributed by atoms with Crippen LogP contribution in [0.4, 0.5) is 5.69 Å². The molecule has 0 radical (unpaired) electrons. The number of carbonyl (C=O) groups is 1. The monoisotopic (exact) mass is 326 g/mol. The van der Waals surface area contributed by atoms with E-state index in [0.717, 1.165) is 18.9 Å². The molecule has 0 spiro atoms. The van der Waals surface area contributed by atoms with E-state index in [0.29, 0.717) is 12.5 Å². The molecule has 1 aliphatic carbocycles. The lowest BCUT2D eigenvalue weighted by atomic mass is 10.1. The molecule has 1 aromatic carbocycles. The van der Waals surface area contributed by atoms with Crippen LogP contribution in [-0.4, -0.2) is 28.8 Å². The molecule has 1 amide bonds. The molecular formula is C14H12Cl2N2O3. The van der Waals surface area contributed by atoms with E-state index >= 15 is 0 Å². The number of nitro benzene ring substituents is 1. The van der Waals surface area contributed by atoms with Crippen molar-refractivity contribution in [3.05, 3.63) is 37.9 Å². The van der Waals surface area contributed by atoms with Crippen molar-refractivity contribution in [1.82, 2.24) is 4.90 Å². The quantitative estimate of drug-likeness (QED) is 0.473. The highest BCUT2D eigenvalue weighted by Crippen LogP contribution is 2.34. The summed E-state index contributed by atoms with van der Waals surface area (Å²) in [7, 11) is 0. The molecule has 7 heteroatoms. The van der Waals surface area contributed by atoms with E-state index in [4.69, 9.17) is 29.6 Å². The third-order valence-electron chi connectivity index (χ3n) is 3.20. The molecule has 0 bridgehead atoms. The lowest BCUT2D eigenvalue weighted by Crippen LogP contribution is -2.33. The first-order valence-corrected chi connectivity index (χ1v) is 7.05. The number of terminal acetylenes is 1. The van der Waals surface area contributed by atoms with Gasteiger partial charge in [0.15, 0.2) is 0 Å². The molecule has 1 aromatic rings. The zero-order valence-electron chi connectivity index (χ0n) is 11.0. The number of nitro groups is 1. The van der Waals surface area contributed by atoms with Crippen LogP contribution >= 0.6 is 23.2 Å². The van der Waals surface area contributed by atoms with E-state index < -0.39 is 4.92 Å². The molecular weight excluding hydrogens is 315 g/mol. The van der Waals surface area contributed by atoms with Gasteiger partial charge in [-0.1, -0.05) is 29.1 Å². The topological polar surface area (TPSA) is 63.5 Å². The van der Waals surface area contributed by atoms with Gasteiger partial charge in [-0.3, -0.25) is 14.9 Å².